The zero-order chi connectivity index (χ0) is 31.9. The summed E-state index contributed by atoms with van der Waals surface area (Å²) in [4.78, 5) is 12.8. The Balaban J connectivity index is 1.37. The number of hydrogen-bond donors (Lipinski definition) is 1. The average Bonchev–Trinajstić information content (AvgIpc) is 3.04. The SMILES string of the molecule is CCOc1cc(C2C(C#N)=C(N)Oc3cc(OC(=O)C(C)Oc4ccc(CC)cc4)ccc32)ccc1OCc1ccccc1F. The molecule has 0 bridgehead atoms. The maximum Gasteiger partial charge on any atom is 0.352 e. The molecule has 0 amide bonds. The van der Waals surface area contributed by atoms with Gasteiger partial charge < -0.3 is 29.4 Å². The fourth-order valence-corrected chi connectivity index (χ4v) is 4.96. The van der Waals surface area contributed by atoms with E-state index in [1.165, 1.54) is 6.07 Å². The van der Waals surface area contributed by atoms with E-state index in [1.807, 2.05) is 31.2 Å². The van der Waals surface area contributed by atoms with Gasteiger partial charge in [0.25, 0.3) is 0 Å². The lowest BCUT2D eigenvalue weighted by Gasteiger charge is -2.27. The number of halogens is 1. The number of esters is 1. The zero-order valence-electron chi connectivity index (χ0n) is 25.2. The predicted molar refractivity (Wildman–Crippen MR) is 166 cm³/mol. The van der Waals surface area contributed by atoms with E-state index in [-0.39, 0.29) is 29.6 Å². The van der Waals surface area contributed by atoms with Gasteiger partial charge in [0.2, 0.25) is 5.88 Å². The van der Waals surface area contributed by atoms with Crippen LogP contribution in [0.2, 0.25) is 0 Å². The van der Waals surface area contributed by atoms with Crippen molar-refractivity contribution in [2.24, 2.45) is 5.73 Å². The molecular weight excluding hydrogens is 575 g/mol. The Morgan fingerprint density at radius 1 is 0.978 bits per heavy atom. The monoisotopic (exact) mass is 608 g/mol. The third-order valence-corrected chi connectivity index (χ3v) is 7.33. The summed E-state index contributed by atoms with van der Waals surface area (Å²) in [6, 6.07) is 26.3. The lowest BCUT2D eigenvalue weighted by molar-refractivity contribution is -0.141. The molecule has 9 heteroatoms. The summed E-state index contributed by atoms with van der Waals surface area (Å²) in [5.41, 5.74) is 9.33. The van der Waals surface area contributed by atoms with E-state index in [0.717, 1.165) is 12.0 Å². The number of nitrogens with zero attached hydrogens (tertiary/aromatic N) is 1. The standard InChI is InChI=1S/C36H33FN2O6/c1-4-23-10-13-26(14-11-23)43-22(3)36(40)44-27-15-16-28-32(19-27)45-35(39)29(20-38)34(28)24-12-17-31(33(18-24)41-5-2)42-21-25-8-6-7-9-30(25)37/h6-19,22,34H,4-5,21,39H2,1-3H3. The minimum atomic E-state index is -0.867. The van der Waals surface area contributed by atoms with Gasteiger partial charge in [-0.15, -0.1) is 0 Å². The van der Waals surface area contributed by atoms with E-state index < -0.39 is 18.0 Å². The van der Waals surface area contributed by atoms with E-state index in [2.05, 4.69) is 13.0 Å². The third-order valence-electron chi connectivity index (χ3n) is 7.33. The lowest BCUT2D eigenvalue weighted by atomic mass is 9.83. The Labute approximate surface area is 261 Å². The van der Waals surface area contributed by atoms with Crippen molar-refractivity contribution in [1.29, 1.82) is 5.26 Å². The molecule has 230 valence electrons. The molecule has 0 radical (unpaired) electrons. The number of allylic oxidation sites excluding steroid dienone is 1. The second-order valence-corrected chi connectivity index (χ2v) is 10.3. The highest BCUT2D eigenvalue weighted by Gasteiger charge is 2.32. The van der Waals surface area contributed by atoms with E-state index >= 15 is 0 Å². The van der Waals surface area contributed by atoms with Gasteiger partial charge in [0, 0.05) is 17.2 Å². The first-order valence-electron chi connectivity index (χ1n) is 14.6. The summed E-state index contributed by atoms with van der Waals surface area (Å²) in [6.07, 6.45) is 0.0348. The Kier molecular flexibility index (Phi) is 9.54. The number of benzene rings is 4. The third kappa shape index (κ3) is 7.02. The highest BCUT2D eigenvalue weighted by Crippen LogP contribution is 2.45. The Hall–Kier alpha value is -5.49. The number of rotatable bonds is 11. The molecule has 1 aliphatic heterocycles. The van der Waals surface area contributed by atoms with Crippen molar-refractivity contribution in [2.75, 3.05) is 6.61 Å². The highest BCUT2D eigenvalue weighted by atomic mass is 19.1. The molecule has 2 unspecified atom stereocenters. The molecule has 1 aliphatic rings. The van der Waals surface area contributed by atoms with Crippen LogP contribution in [0.3, 0.4) is 0 Å². The number of aryl methyl sites for hydroxylation is 1. The van der Waals surface area contributed by atoms with Crippen molar-refractivity contribution >= 4 is 5.97 Å². The molecule has 0 saturated carbocycles. The van der Waals surface area contributed by atoms with Gasteiger partial charge in [0.15, 0.2) is 17.6 Å². The van der Waals surface area contributed by atoms with E-state index in [1.54, 1.807) is 61.5 Å². The molecule has 4 aromatic rings. The fourth-order valence-electron chi connectivity index (χ4n) is 4.96. The van der Waals surface area contributed by atoms with Gasteiger partial charge in [-0.3, -0.25) is 0 Å². The average molecular weight is 609 g/mol. The lowest BCUT2D eigenvalue weighted by Crippen LogP contribution is -2.28. The molecular formula is C36H33FN2O6. The molecule has 0 spiro atoms. The molecule has 0 fully saturated rings. The number of fused-ring (bicyclic) bond motifs is 1. The second-order valence-electron chi connectivity index (χ2n) is 10.3. The molecule has 2 atom stereocenters. The van der Waals surface area contributed by atoms with E-state index in [9.17, 15) is 14.4 Å². The van der Waals surface area contributed by atoms with Crippen LogP contribution in [0.25, 0.3) is 0 Å². The van der Waals surface area contributed by atoms with Crippen LogP contribution < -0.4 is 29.4 Å². The van der Waals surface area contributed by atoms with Gasteiger partial charge in [0.1, 0.15) is 41.3 Å². The van der Waals surface area contributed by atoms with Gasteiger partial charge in [-0.05, 0) is 67.8 Å². The van der Waals surface area contributed by atoms with Crippen LogP contribution in [0.1, 0.15) is 48.9 Å². The van der Waals surface area contributed by atoms with Crippen LogP contribution >= 0.6 is 0 Å². The van der Waals surface area contributed by atoms with Crippen LogP contribution in [-0.4, -0.2) is 18.7 Å². The first kappa shape index (κ1) is 31.0. The van der Waals surface area contributed by atoms with Crippen LogP contribution in [0, 0.1) is 17.1 Å². The van der Waals surface area contributed by atoms with Crippen molar-refractivity contribution in [2.45, 2.75) is 45.8 Å². The second kappa shape index (κ2) is 13.9. The molecule has 45 heavy (non-hydrogen) atoms. The molecule has 0 saturated heterocycles. The summed E-state index contributed by atoms with van der Waals surface area (Å²) in [5.74, 6) is 0.364. The number of nitriles is 1. The summed E-state index contributed by atoms with van der Waals surface area (Å²) in [5, 5.41) is 10.0. The van der Waals surface area contributed by atoms with Gasteiger partial charge >= 0.3 is 5.97 Å². The van der Waals surface area contributed by atoms with Crippen molar-refractivity contribution in [3.63, 3.8) is 0 Å². The largest absolute Gasteiger partial charge is 0.490 e. The minimum Gasteiger partial charge on any atom is -0.490 e. The van der Waals surface area contributed by atoms with Crippen LogP contribution in [0.4, 0.5) is 4.39 Å². The van der Waals surface area contributed by atoms with Crippen molar-refractivity contribution in [3.05, 3.63) is 124 Å². The van der Waals surface area contributed by atoms with Gasteiger partial charge in [-0.25, -0.2) is 9.18 Å². The summed E-state index contributed by atoms with van der Waals surface area (Å²) in [6.45, 7) is 5.88. The summed E-state index contributed by atoms with van der Waals surface area (Å²) in [7, 11) is 0. The quantitative estimate of drug-likeness (QED) is 0.144. The fraction of sp³-hybridized carbons (Fsp3) is 0.222. The molecule has 8 nitrogen and oxygen atoms in total. The van der Waals surface area contributed by atoms with Crippen LogP contribution in [0.5, 0.6) is 28.7 Å². The van der Waals surface area contributed by atoms with Crippen LogP contribution in [0.15, 0.2) is 96.4 Å². The predicted octanol–water partition coefficient (Wildman–Crippen LogP) is 6.96. The molecule has 1 heterocycles. The van der Waals surface area contributed by atoms with E-state index in [0.29, 0.717) is 46.3 Å². The minimum absolute atomic E-state index is 0.0127. The Bertz CT molecular complexity index is 1760. The molecule has 2 N–H and O–H groups in total. The topological polar surface area (TPSA) is 113 Å². The molecule has 5 rings (SSSR count). The van der Waals surface area contributed by atoms with Gasteiger partial charge in [0.05, 0.1) is 12.5 Å². The number of carbonyl (C=O) groups is 1. The molecule has 0 aliphatic carbocycles. The first-order valence-corrected chi connectivity index (χ1v) is 14.6. The van der Waals surface area contributed by atoms with Gasteiger partial charge in [-0.2, -0.15) is 5.26 Å². The zero-order valence-corrected chi connectivity index (χ0v) is 25.2. The van der Waals surface area contributed by atoms with Crippen LogP contribution in [-0.2, 0) is 17.8 Å². The van der Waals surface area contributed by atoms with Crippen molar-refractivity contribution in [3.8, 4) is 34.8 Å². The highest BCUT2D eigenvalue weighted by molar-refractivity contribution is 5.77. The molecule has 4 aromatic carbocycles. The number of ether oxygens (including phenoxy) is 5. The van der Waals surface area contributed by atoms with Crippen molar-refractivity contribution in [1.82, 2.24) is 0 Å². The number of carbonyl (C=O) groups excluding carboxylic acids is 1. The van der Waals surface area contributed by atoms with Crippen molar-refractivity contribution < 1.29 is 32.9 Å². The van der Waals surface area contributed by atoms with E-state index in [4.69, 9.17) is 29.4 Å². The maximum absolute atomic E-state index is 14.2. The smallest absolute Gasteiger partial charge is 0.352 e. The summed E-state index contributed by atoms with van der Waals surface area (Å²) >= 11 is 0. The molecule has 0 aromatic heterocycles. The number of hydrogen-bond acceptors (Lipinski definition) is 8. The van der Waals surface area contributed by atoms with Gasteiger partial charge in [-0.1, -0.05) is 49.4 Å². The Morgan fingerprint density at radius 3 is 2.44 bits per heavy atom. The number of nitrogens with two attached hydrogens (primary N) is 1. The normalized spacial score (nSPS) is 14.4. The first-order chi connectivity index (χ1) is 21.8. The summed E-state index contributed by atoms with van der Waals surface area (Å²) < 4.78 is 43.1. The Morgan fingerprint density at radius 2 is 1.73 bits per heavy atom. The maximum atomic E-state index is 14.2.